The number of hydrogen-bond acceptors (Lipinski definition) is 3. The Hall–Kier alpha value is -1.75. The molecular formula is C17H23ClN2O3. The van der Waals surface area contributed by atoms with Crippen LogP contribution in [0.25, 0.3) is 0 Å². The molecule has 1 aliphatic rings. The zero-order valence-electron chi connectivity index (χ0n) is 13.5. The molecule has 0 heterocycles. The van der Waals surface area contributed by atoms with E-state index in [1.54, 1.807) is 12.1 Å². The third-order valence-corrected chi connectivity index (χ3v) is 4.85. The average Bonchev–Trinajstić information content (AvgIpc) is 2.50. The van der Waals surface area contributed by atoms with Gasteiger partial charge in [0.2, 0.25) is 0 Å². The van der Waals surface area contributed by atoms with Crippen LogP contribution in [0.4, 0.5) is 0 Å². The van der Waals surface area contributed by atoms with E-state index in [0.29, 0.717) is 16.9 Å². The molecule has 0 aliphatic heterocycles. The van der Waals surface area contributed by atoms with Crippen LogP contribution in [0.5, 0.6) is 5.75 Å². The predicted octanol–water partition coefficient (Wildman–Crippen LogP) is 2.76. The van der Waals surface area contributed by atoms with Crippen molar-refractivity contribution in [3.8, 4) is 5.75 Å². The maximum atomic E-state index is 12.1. The van der Waals surface area contributed by atoms with Crippen molar-refractivity contribution >= 4 is 23.4 Å². The van der Waals surface area contributed by atoms with Crippen LogP contribution >= 0.6 is 11.6 Å². The van der Waals surface area contributed by atoms with Crippen LogP contribution in [0.1, 0.15) is 43.5 Å². The van der Waals surface area contributed by atoms with Crippen molar-refractivity contribution in [3.05, 3.63) is 28.8 Å². The Morgan fingerprint density at radius 3 is 2.78 bits per heavy atom. The quantitative estimate of drug-likeness (QED) is 0.866. The van der Waals surface area contributed by atoms with Gasteiger partial charge in [-0.15, -0.1) is 0 Å². The predicted molar refractivity (Wildman–Crippen MR) is 89.6 cm³/mol. The number of halogens is 1. The van der Waals surface area contributed by atoms with E-state index in [1.807, 2.05) is 0 Å². The van der Waals surface area contributed by atoms with Gasteiger partial charge < -0.3 is 15.8 Å². The zero-order valence-corrected chi connectivity index (χ0v) is 14.2. The van der Waals surface area contributed by atoms with E-state index < -0.39 is 5.91 Å². The number of carbonyl (C=O) groups excluding carboxylic acids is 2. The third kappa shape index (κ3) is 4.61. The number of ether oxygens (including phenoxy) is 1. The zero-order chi connectivity index (χ0) is 17.0. The molecule has 126 valence electrons. The SMILES string of the molecule is CC1CCCC(NC(=O)COc2ccc(Cl)cc2C(N)=O)C1C. The number of nitrogens with two attached hydrogens (primary N) is 1. The van der Waals surface area contributed by atoms with Crippen molar-refractivity contribution in [1.82, 2.24) is 5.32 Å². The summed E-state index contributed by atoms with van der Waals surface area (Å²) in [6, 6.07) is 4.74. The van der Waals surface area contributed by atoms with Crippen LogP contribution in [0.3, 0.4) is 0 Å². The molecule has 1 aliphatic carbocycles. The standard InChI is InChI=1S/C17H23ClN2O3/c1-10-4-3-5-14(11(10)2)20-16(21)9-23-15-7-6-12(18)8-13(15)17(19)22/h6-8,10-11,14H,3-5,9H2,1-2H3,(H2,19,22)(H,20,21). The monoisotopic (exact) mass is 338 g/mol. The second kappa shape index (κ2) is 7.68. The van der Waals surface area contributed by atoms with Gasteiger partial charge in [-0.2, -0.15) is 0 Å². The van der Waals surface area contributed by atoms with Crippen molar-refractivity contribution in [2.24, 2.45) is 17.6 Å². The average molecular weight is 339 g/mol. The van der Waals surface area contributed by atoms with Crippen molar-refractivity contribution in [3.63, 3.8) is 0 Å². The van der Waals surface area contributed by atoms with Gasteiger partial charge in [0, 0.05) is 11.1 Å². The van der Waals surface area contributed by atoms with Crippen LogP contribution in [-0.2, 0) is 4.79 Å². The number of amides is 2. The van der Waals surface area contributed by atoms with E-state index in [2.05, 4.69) is 19.2 Å². The smallest absolute Gasteiger partial charge is 0.258 e. The summed E-state index contributed by atoms with van der Waals surface area (Å²) in [5, 5.41) is 3.41. The molecule has 3 N–H and O–H groups in total. The summed E-state index contributed by atoms with van der Waals surface area (Å²) in [6.07, 6.45) is 3.32. The van der Waals surface area contributed by atoms with Gasteiger partial charge in [0.05, 0.1) is 5.56 Å². The molecule has 2 amide bonds. The van der Waals surface area contributed by atoms with Gasteiger partial charge in [-0.3, -0.25) is 9.59 Å². The minimum atomic E-state index is -0.641. The highest BCUT2D eigenvalue weighted by Gasteiger charge is 2.28. The molecule has 1 aromatic carbocycles. The lowest BCUT2D eigenvalue weighted by Crippen LogP contribution is -2.45. The third-order valence-electron chi connectivity index (χ3n) is 4.62. The molecule has 1 fully saturated rings. The Morgan fingerprint density at radius 2 is 2.09 bits per heavy atom. The highest BCUT2D eigenvalue weighted by Crippen LogP contribution is 2.29. The summed E-state index contributed by atoms with van der Waals surface area (Å²) in [5.74, 6) is 0.484. The van der Waals surface area contributed by atoms with Crippen LogP contribution in [0.2, 0.25) is 5.02 Å². The maximum Gasteiger partial charge on any atom is 0.258 e. The van der Waals surface area contributed by atoms with Crippen LogP contribution in [0, 0.1) is 11.8 Å². The summed E-state index contributed by atoms with van der Waals surface area (Å²) in [5.41, 5.74) is 5.47. The normalized spacial score (nSPS) is 24.0. The lowest BCUT2D eigenvalue weighted by atomic mass is 9.78. The summed E-state index contributed by atoms with van der Waals surface area (Å²) in [4.78, 5) is 23.5. The second-order valence-corrected chi connectivity index (χ2v) is 6.67. The number of carbonyl (C=O) groups is 2. The summed E-state index contributed by atoms with van der Waals surface area (Å²) in [6.45, 7) is 4.23. The van der Waals surface area contributed by atoms with E-state index in [-0.39, 0.29) is 29.9 Å². The first kappa shape index (κ1) is 17.6. The van der Waals surface area contributed by atoms with E-state index in [1.165, 1.54) is 12.5 Å². The van der Waals surface area contributed by atoms with Crippen LogP contribution in [-0.4, -0.2) is 24.5 Å². The molecule has 0 saturated heterocycles. The van der Waals surface area contributed by atoms with Crippen molar-refractivity contribution in [1.29, 1.82) is 0 Å². The molecule has 5 nitrogen and oxygen atoms in total. The minimum absolute atomic E-state index is 0.153. The van der Waals surface area contributed by atoms with Crippen molar-refractivity contribution in [2.75, 3.05) is 6.61 Å². The first-order chi connectivity index (χ1) is 10.9. The Kier molecular flexibility index (Phi) is 5.88. The molecule has 6 heteroatoms. The molecule has 23 heavy (non-hydrogen) atoms. The molecule has 0 spiro atoms. The van der Waals surface area contributed by atoms with E-state index in [0.717, 1.165) is 12.8 Å². The minimum Gasteiger partial charge on any atom is -0.483 e. The molecule has 3 unspecified atom stereocenters. The first-order valence-electron chi connectivity index (χ1n) is 7.90. The largest absolute Gasteiger partial charge is 0.483 e. The summed E-state index contributed by atoms with van der Waals surface area (Å²) in [7, 11) is 0. The summed E-state index contributed by atoms with van der Waals surface area (Å²) >= 11 is 5.84. The van der Waals surface area contributed by atoms with Gasteiger partial charge >= 0.3 is 0 Å². The topological polar surface area (TPSA) is 81.4 Å². The number of rotatable bonds is 5. The Bertz CT molecular complexity index is 591. The van der Waals surface area contributed by atoms with Gasteiger partial charge in [0.25, 0.3) is 11.8 Å². The maximum absolute atomic E-state index is 12.1. The number of primary amides is 1. The number of nitrogens with one attached hydrogen (secondary N) is 1. The van der Waals surface area contributed by atoms with E-state index in [9.17, 15) is 9.59 Å². The van der Waals surface area contributed by atoms with Gasteiger partial charge in [-0.1, -0.05) is 38.3 Å². The molecule has 0 radical (unpaired) electrons. The first-order valence-corrected chi connectivity index (χ1v) is 8.27. The number of benzene rings is 1. The highest BCUT2D eigenvalue weighted by molar-refractivity contribution is 6.31. The van der Waals surface area contributed by atoms with E-state index >= 15 is 0 Å². The van der Waals surface area contributed by atoms with Gasteiger partial charge in [0.1, 0.15) is 5.75 Å². The lowest BCUT2D eigenvalue weighted by molar-refractivity contribution is -0.124. The fourth-order valence-corrected chi connectivity index (χ4v) is 3.17. The van der Waals surface area contributed by atoms with Crippen LogP contribution in [0.15, 0.2) is 18.2 Å². The number of hydrogen-bond donors (Lipinski definition) is 2. The Labute approximate surface area is 141 Å². The molecule has 0 bridgehead atoms. The fourth-order valence-electron chi connectivity index (χ4n) is 3.00. The van der Waals surface area contributed by atoms with Gasteiger partial charge in [-0.25, -0.2) is 0 Å². The van der Waals surface area contributed by atoms with Crippen molar-refractivity contribution in [2.45, 2.75) is 39.2 Å². The molecule has 2 rings (SSSR count). The van der Waals surface area contributed by atoms with Crippen LogP contribution < -0.4 is 15.8 Å². The van der Waals surface area contributed by atoms with Crippen molar-refractivity contribution < 1.29 is 14.3 Å². The molecule has 0 aromatic heterocycles. The van der Waals surface area contributed by atoms with Gasteiger partial charge in [0.15, 0.2) is 6.61 Å². The fraction of sp³-hybridized carbons (Fsp3) is 0.529. The second-order valence-electron chi connectivity index (χ2n) is 6.23. The summed E-state index contributed by atoms with van der Waals surface area (Å²) < 4.78 is 5.45. The molecule has 1 aromatic rings. The van der Waals surface area contributed by atoms with Gasteiger partial charge in [-0.05, 0) is 36.5 Å². The Morgan fingerprint density at radius 1 is 1.35 bits per heavy atom. The highest BCUT2D eigenvalue weighted by atomic mass is 35.5. The molecule has 3 atom stereocenters. The lowest BCUT2D eigenvalue weighted by Gasteiger charge is -2.34. The van der Waals surface area contributed by atoms with E-state index in [4.69, 9.17) is 22.1 Å². The Balaban J connectivity index is 1.93. The molecular weight excluding hydrogens is 316 g/mol. The molecule has 1 saturated carbocycles.